The Balaban J connectivity index is 1.14. The van der Waals surface area contributed by atoms with E-state index >= 15 is 0 Å². The minimum absolute atomic E-state index is 0.00886. The number of carbonyl (C=O) groups is 2. The number of hydrogen-bond acceptors (Lipinski definition) is 5. The highest BCUT2D eigenvalue weighted by molar-refractivity contribution is 7.09. The van der Waals surface area contributed by atoms with Crippen molar-refractivity contribution in [1.82, 2.24) is 10.2 Å². The fourth-order valence-electron chi connectivity index (χ4n) is 4.57. The number of amides is 2. The van der Waals surface area contributed by atoms with Crippen molar-refractivity contribution in [2.24, 2.45) is 5.92 Å². The first kappa shape index (κ1) is 22.8. The zero-order chi connectivity index (χ0) is 22.2. The summed E-state index contributed by atoms with van der Waals surface area (Å²) in [5.74, 6) is 0.217. The fraction of sp³-hybridized carbons (Fsp3) is 0.520. The van der Waals surface area contributed by atoms with Gasteiger partial charge in [-0.1, -0.05) is 6.07 Å². The Morgan fingerprint density at radius 1 is 0.969 bits per heavy atom. The molecule has 172 valence electrons. The highest BCUT2D eigenvalue weighted by Crippen LogP contribution is 2.22. The van der Waals surface area contributed by atoms with Gasteiger partial charge in [-0.15, -0.1) is 11.3 Å². The topological polar surface area (TPSA) is 64.7 Å². The van der Waals surface area contributed by atoms with E-state index < -0.39 is 0 Å². The van der Waals surface area contributed by atoms with E-state index in [9.17, 15) is 9.59 Å². The third-order valence-corrected chi connectivity index (χ3v) is 7.38. The first-order chi connectivity index (χ1) is 15.7. The van der Waals surface area contributed by atoms with Crippen LogP contribution in [0.25, 0.3) is 0 Å². The van der Waals surface area contributed by atoms with Gasteiger partial charge in [0.05, 0.1) is 6.54 Å². The van der Waals surface area contributed by atoms with Crippen LogP contribution in [0, 0.1) is 5.92 Å². The van der Waals surface area contributed by atoms with Crippen LogP contribution < -0.4 is 15.5 Å². The number of piperidine rings is 2. The largest absolute Gasteiger partial charge is 0.372 e. The van der Waals surface area contributed by atoms with Crippen LogP contribution in [0.15, 0.2) is 41.8 Å². The van der Waals surface area contributed by atoms with Gasteiger partial charge in [0.2, 0.25) is 11.8 Å². The average molecular weight is 455 g/mol. The Morgan fingerprint density at radius 3 is 2.41 bits per heavy atom. The molecule has 0 saturated carbocycles. The molecule has 2 aliphatic heterocycles. The molecular weight excluding hydrogens is 420 g/mol. The minimum Gasteiger partial charge on any atom is -0.372 e. The molecule has 0 unspecified atom stereocenters. The number of hydrogen-bond donors (Lipinski definition) is 2. The summed E-state index contributed by atoms with van der Waals surface area (Å²) in [7, 11) is 0. The molecule has 2 amide bonds. The molecule has 0 atom stereocenters. The Labute approximate surface area is 195 Å². The van der Waals surface area contributed by atoms with Gasteiger partial charge in [-0.2, -0.15) is 0 Å². The maximum Gasteiger partial charge on any atom is 0.238 e. The van der Waals surface area contributed by atoms with Gasteiger partial charge in [0.1, 0.15) is 0 Å². The summed E-state index contributed by atoms with van der Waals surface area (Å²) < 4.78 is 0. The normalized spacial score (nSPS) is 17.8. The van der Waals surface area contributed by atoms with Crippen LogP contribution in [0.4, 0.5) is 11.4 Å². The number of benzene rings is 1. The highest BCUT2D eigenvalue weighted by Gasteiger charge is 2.25. The summed E-state index contributed by atoms with van der Waals surface area (Å²) in [5.41, 5.74) is 2.08. The molecule has 1 aromatic carbocycles. The van der Waals surface area contributed by atoms with Crippen LogP contribution in [0.1, 0.15) is 37.0 Å². The van der Waals surface area contributed by atoms with Crippen molar-refractivity contribution in [1.29, 1.82) is 0 Å². The second-order valence-corrected chi connectivity index (χ2v) is 9.85. The molecule has 2 N–H and O–H groups in total. The van der Waals surface area contributed by atoms with Crippen molar-refractivity contribution >= 4 is 34.5 Å². The monoisotopic (exact) mass is 454 g/mol. The molecule has 2 fully saturated rings. The number of nitrogens with one attached hydrogen (secondary N) is 2. The minimum atomic E-state index is 0.00886. The molecule has 2 saturated heterocycles. The van der Waals surface area contributed by atoms with Gasteiger partial charge in [0, 0.05) is 41.8 Å². The number of anilines is 2. The van der Waals surface area contributed by atoms with Crippen molar-refractivity contribution in [3.8, 4) is 0 Å². The molecule has 2 aliphatic rings. The molecule has 0 spiro atoms. The van der Waals surface area contributed by atoms with E-state index in [0.717, 1.165) is 51.1 Å². The Kier molecular flexibility index (Phi) is 8.18. The van der Waals surface area contributed by atoms with Crippen molar-refractivity contribution in [2.45, 2.75) is 38.5 Å². The van der Waals surface area contributed by atoms with Gasteiger partial charge in [-0.25, -0.2) is 0 Å². The van der Waals surface area contributed by atoms with Crippen molar-refractivity contribution in [3.63, 3.8) is 0 Å². The second kappa shape index (κ2) is 11.5. The van der Waals surface area contributed by atoms with E-state index in [-0.39, 0.29) is 17.7 Å². The molecule has 4 rings (SSSR count). The van der Waals surface area contributed by atoms with Crippen LogP contribution in [-0.2, 0) is 16.0 Å². The highest BCUT2D eigenvalue weighted by atomic mass is 32.1. The van der Waals surface area contributed by atoms with E-state index in [0.29, 0.717) is 13.1 Å². The molecule has 6 nitrogen and oxygen atoms in total. The first-order valence-electron chi connectivity index (χ1n) is 11.8. The van der Waals surface area contributed by atoms with Crippen LogP contribution in [-0.4, -0.2) is 56.0 Å². The lowest BCUT2D eigenvalue weighted by molar-refractivity contribution is -0.126. The van der Waals surface area contributed by atoms with Gasteiger partial charge < -0.3 is 15.5 Å². The Bertz CT molecular complexity index is 855. The van der Waals surface area contributed by atoms with Gasteiger partial charge in [0.25, 0.3) is 0 Å². The zero-order valence-electron chi connectivity index (χ0n) is 18.7. The fourth-order valence-corrected chi connectivity index (χ4v) is 5.28. The van der Waals surface area contributed by atoms with E-state index in [1.165, 1.54) is 29.8 Å². The number of rotatable bonds is 8. The molecule has 0 bridgehead atoms. The zero-order valence-corrected chi connectivity index (χ0v) is 19.5. The Morgan fingerprint density at radius 2 is 1.72 bits per heavy atom. The summed E-state index contributed by atoms with van der Waals surface area (Å²) in [6, 6.07) is 12.3. The predicted octanol–water partition coefficient (Wildman–Crippen LogP) is 3.75. The van der Waals surface area contributed by atoms with Crippen LogP contribution >= 0.6 is 11.3 Å². The van der Waals surface area contributed by atoms with Gasteiger partial charge in [-0.05, 0) is 87.3 Å². The maximum absolute atomic E-state index is 12.5. The van der Waals surface area contributed by atoms with E-state index in [2.05, 4.69) is 44.0 Å². The molecular formula is C25H34N4O2S. The predicted molar refractivity (Wildman–Crippen MR) is 131 cm³/mol. The van der Waals surface area contributed by atoms with Crippen molar-refractivity contribution in [3.05, 3.63) is 46.7 Å². The SMILES string of the molecule is O=C(CN1CCC(C(=O)NCCc2cccs2)CC1)Nc1ccc(N2CCCCC2)cc1. The lowest BCUT2D eigenvalue weighted by atomic mass is 9.96. The van der Waals surface area contributed by atoms with E-state index in [4.69, 9.17) is 0 Å². The van der Waals surface area contributed by atoms with Gasteiger partial charge >= 0.3 is 0 Å². The molecule has 0 radical (unpaired) electrons. The van der Waals surface area contributed by atoms with E-state index in [1.807, 2.05) is 18.2 Å². The third-order valence-electron chi connectivity index (χ3n) is 6.45. The smallest absolute Gasteiger partial charge is 0.238 e. The quantitative estimate of drug-likeness (QED) is 0.638. The Hall–Kier alpha value is -2.38. The summed E-state index contributed by atoms with van der Waals surface area (Å²) in [5, 5.41) is 8.15. The average Bonchev–Trinajstić information content (AvgIpc) is 3.34. The van der Waals surface area contributed by atoms with Crippen molar-refractivity contribution in [2.75, 3.05) is 49.5 Å². The number of nitrogens with zero attached hydrogens (tertiary/aromatic N) is 2. The number of carbonyl (C=O) groups excluding carboxylic acids is 2. The molecule has 1 aromatic heterocycles. The molecule has 0 aliphatic carbocycles. The molecule has 7 heteroatoms. The second-order valence-electron chi connectivity index (χ2n) is 8.81. The summed E-state index contributed by atoms with van der Waals surface area (Å²) in [6.07, 6.45) is 6.34. The molecule has 2 aromatic rings. The van der Waals surface area contributed by atoms with Crippen LogP contribution in [0.5, 0.6) is 0 Å². The van der Waals surface area contributed by atoms with Crippen molar-refractivity contribution < 1.29 is 9.59 Å². The lowest BCUT2D eigenvalue weighted by Gasteiger charge is -2.30. The maximum atomic E-state index is 12.5. The van der Waals surface area contributed by atoms with Crippen LogP contribution in [0.3, 0.4) is 0 Å². The molecule has 3 heterocycles. The standard InChI is InChI=1S/C25H34N4O2S/c30-24(27-21-6-8-22(9-7-21)29-14-2-1-3-15-29)19-28-16-11-20(12-17-28)25(31)26-13-10-23-5-4-18-32-23/h4-9,18,20H,1-3,10-17,19H2,(H,26,31)(H,27,30). The van der Waals surface area contributed by atoms with E-state index in [1.54, 1.807) is 11.3 Å². The van der Waals surface area contributed by atoms with Gasteiger partial charge in [0.15, 0.2) is 0 Å². The van der Waals surface area contributed by atoms with Crippen LogP contribution in [0.2, 0.25) is 0 Å². The first-order valence-corrected chi connectivity index (χ1v) is 12.7. The summed E-state index contributed by atoms with van der Waals surface area (Å²) in [4.78, 5) is 30.8. The lowest BCUT2D eigenvalue weighted by Crippen LogP contribution is -2.43. The van der Waals surface area contributed by atoms with Gasteiger partial charge in [-0.3, -0.25) is 14.5 Å². The number of likely N-dealkylation sites (tertiary alicyclic amines) is 1. The molecule has 32 heavy (non-hydrogen) atoms. The summed E-state index contributed by atoms with van der Waals surface area (Å²) >= 11 is 1.73. The third kappa shape index (κ3) is 6.56. The number of thiophene rings is 1. The summed E-state index contributed by atoms with van der Waals surface area (Å²) in [6.45, 7) is 4.87.